The van der Waals surface area contributed by atoms with Crippen LogP contribution in [0.5, 0.6) is 5.75 Å². The molecule has 1 N–H and O–H groups in total. The van der Waals surface area contributed by atoms with Crippen LogP contribution in [0.3, 0.4) is 0 Å². The third-order valence-electron chi connectivity index (χ3n) is 4.48. The average molecular weight is 392 g/mol. The van der Waals surface area contributed by atoms with E-state index in [-0.39, 0.29) is 11.2 Å². The molecule has 0 radical (unpaired) electrons. The maximum atomic E-state index is 12.3. The second-order valence-electron chi connectivity index (χ2n) is 6.46. The third kappa shape index (κ3) is 5.89. The maximum Gasteiger partial charge on any atom is 0.230 e. The first-order valence-corrected chi connectivity index (χ1v) is 10.4. The molecule has 0 atom stereocenters. The molecule has 28 heavy (non-hydrogen) atoms. The van der Waals surface area contributed by atoms with Crippen molar-refractivity contribution < 1.29 is 9.53 Å². The molecule has 0 saturated heterocycles. The summed E-state index contributed by atoms with van der Waals surface area (Å²) in [5, 5.41) is 3.17. The van der Waals surface area contributed by atoms with E-state index in [9.17, 15) is 4.79 Å². The molecule has 144 valence electrons. The molecule has 0 aliphatic rings. The fourth-order valence-electron chi connectivity index (χ4n) is 2.99. The summed E-state index contributed by atoms with van der Waals surface area (Å²) in [7, 11) is 1.66. The van der Waals surface area contributed by atoms with Crippen molar-refractivity contribution in [2.24, 2.45) is 0 Å². The molecule has 3 rings (SSSR count). The molecule has 3 aromatic rings. The minimum Gasteiger partial charge on any atom is -0.497 e. The van der Waals surface area contributed by atoms with Gasteiger partial charge in [-0.05, 0) is 35.2 Å². The van der Waals surface area contributed by atoms with Crippen molar-refractivity contribution in [3.05, 3.63) is 102 Å². The Bertz CT molecular complexity index is 811. The van der Waals surface area contributed by atoms with Gasteiger partial charge in [-0.3, -0.25) is 4.79 Å². The molecule has 0 bridgehead atoms. The lowest BCUT2D eigenvalue weighted by Gasteiger charge is -2.17. The van der Waals surface area contributed by atoms with Crippen LogP contribution in [-0.2, 0) is 11.2 Å². The minimum atomic E-state index is 0.0652. The second kappa shape index (κ2) is 10.6. The normalized spacial score (nSPS) is 10.6. The van der Waals surface area contributed by atoms with Crippen LogP contribution in [0.25, 0.3) is 0 Å². The van der Waals surface area contributed by atoms with Gasteiger partial charge >= 0.3 is 0 Å². The van der Waals surface area contributed by atoms with E-state index in [2.05, 4.69) is 29.6 Å². The van der Waals surface area contributed by atoms with Crippen LogP contribution in [0, 0.1) is 0 Å². The van der Waals surface area contributed by atoms with E-state index >= 15 is 0 Å². The molecule has 0 unspecified atom stereocenters. The largest absolute Gasteiger partial charge is 0.497 e. The number of methoxy groups -OCH3 is 1. The lowest BCUT2D eigenvalue weighted by molar-refractivity contribution is -0.118. The molecule has 0 aliphatic carbocycles. The first kappa shape index (κ1) is 20.0. The summed E-state index contributed by atoms with van der Waals surface area (Å²) in [6.07, 6.45) is 0.807. The SMILES string of the molecule is COc1ccc(CCNC(=O)CSC(c2ccccc2)c2ccccc2)cc1. The van der Waals surface area contributed by atoms with E-state index in [4.69, 9.17) is 4.74 Å². The van der Waals surface area contributed by atoms with Gasteiger partial charge in [0.05, 0.1) is 18.1 Å². The molecule has 3 aromatic carbocycles. The van der Waals surface area contributed by atoms with E-state index < -0.39 is 0 Å². The Kier molecular flexibility index (Phi) is 7.56. The number of rotatable bonds is 9. The predicted octanol–water partition coefficient (Wildman–Crippen LogP) is 4.88. The van der Waals surface area contributed by atoms with Crippen molar-refractivity contribution in [2.45, 2.75) is 11.7 Å². The number of nitrogens with one attached hydrogen (secondary N) is 1. The Balaban J connectivity index is 1.52. The number of hydrogen-bond acceptors (Lipinski definition) is 3. The van der Waals surface area contributed by atoms with Crippen molar-refractivity contribution in [1.82, 2.24) is 5.32 Å². The van der Waals surface area contributed by atoms with Crippen LogP contribution in [0.1, 0.15) is 21.9 Å². The van der Waals surface area contributed by atoms with E-state index in [1.54, 1.807) is 18.9 Å². The van der Waals surface area contributed by atoms with Gasteiger partial charge in [-0.1, -0.05) is 72.8 Å². The van der Waals surface area contributed by atoms with E-state index in [0.717, 1.165) is 12.2 Å². The molecule has 0 saturated carbocycles. The summed E-state index contributed by atoms with van der Waals surface area (Å²) in [6, 6.07) is 28.6. The number of thioether (sulfide) groups is 1. The lowest BCUT2D eigenvalue weighted by Crippen LogP contribution is -2.27. The molecule has 0 aromatic heterocycles. The predicted molar refractivity (Wildman–Crippen MR) is 117 cm³/mol. The van der Waals surface area contributed by atoms with Gasteiger partial charge < -0.3 is 10.1 Å². The highest BCUT2D eigenvalue weighted by Gasteiger charge is 2.16. The Morgan fingerprint density at radius 3 is 2.00 bits per heavy atom. The summed E-state index contributed by atoms with van der Waals surface area (Å²) < 4.78 is 5.17. The molecule has 3 nitrogen and oxygen atoms in total. The second-order valence-corrected chi connectivity index (χ2v) is 7.55. The van der Waals surface area contributed by atoms with Gasteiger partial charge in [0.25, 0.3) is 0 Å². The Hall–Kier alpha value is -2.72. The zero-order chi connectivity index (χ0) is 19.6. The molecular formula is C24H25NO2S. The molecule has 0 aliphatic heterocycles. The summed E-state index contributed by atoms with van der Waals surface area (Å²) in [4.78, 5) is 12.3. The Morgan fingerprint density at radius 2 is 1.46 bits per heavy atom. The summed E-state index contributed by atoms with van der Waals surface area (Å²) in [5.74, 6) is 1.34. The van der Waals surface area contributed by atoms with Crippen LogP contribution in [0.15, 0.2) is 84.9 Å². The van der Waals surface area contributed by atoms with Crippen LogP contribution >= 0.6 is 11.8 Å². The van der Waals surface area contributed by atoms with Crippen molar-refractivity contribution in [2.75, 3.05) is 19.4 Å². The lowest BCUT2D eigenvalue weighted by atomic mass is 10.0. The van der Waals surface area contributed by atoms with Crippen LogP contribution in [0.4, 0.5) is 0 Å². The highest BCUT2D eigenvalue weighted by Crippen LogP contribution is 2.35. The highest BCUT2D eigenvalue weighted by atomic mass is 32.2. The van der Waals surface area contributed by atoms with Gasteiger partial charge in [0.1, 0.15) is 5.75 Å². The van der Waals surface area contributed by atoms with Crippen LogP contribution in [-0.4, -0.2) is 25.3 Å². The van der Waals surface area contributed by atoms with Crippen LogP contribution in [0.2, 0.25) is 0 Å². The average Bonchev–Trinajstić information content (AvgIpc) is 2.76. The van der Waals surface area contributed by atoms with Gasteiger partial charge in [-0.2, -0.15) is 0 Å². The molecule has 4 heteroatoms. The third-order valence-corrected chi connectivity index (χ3v) is 5.79. The Morgan fingerprint density at radius 1 is 0.893 bits per heavy atom. The van der Waals surface area contributed by atoms with Crippen molar-refractivity contribution in [3.63, 3.8) is 0 Å². The van der Waals surface area contributed by atoms with E-state index in [1.807, 2.05) is 60.7 Å². The highest BCUT2D eigenvalue weighted by molar-refractivity contribution is 8.00. The van der Waals surface area contributed by atoms with Crippen molar-refractivity contribution >= 4 is 17.7 Å². The summed E-state index contributed by atoms with van der Waals surface area (Å²) in [6.45, 7) is 0.632. The standard InChI is InChI=1S/C24H25NO2S/c1-27-22-14-12-19(13-15-22)16-17-25-23(26)18-28-24(20-8-4-2-5-9-20)21-10-6-3-7-11-21/h2-15,24H,16-18H2,1H3,(H,25,26). The van der Waals surface area contributed by atoms with Crippen molar-refractivity contribution in [3.8, 4) is 5.75 Å². The number of amides is 1. The topological polar surface area (TPSA) is 38.3 Å². The monoisotopic (exact) mass is 391 g/mol. The summed E-state index contributed by atoms with van der Waals surface area (Å²) >= 11 is 1.66. The first-order valence-electron chi connectivity index (χ1n) is 9.37. The smallest absolute Gasteiger partial charge is 0.230 e. The number of hydrogen-bond donors (Lipinski definition) is 1. The van der Waals surface area contributed by atoms with Crippen LogP contribution < -0.4 is 10.1 Å². The van der Waals surface area contributed by atoms with E-state index in [0.29, 0.717) is 12.3 Å². The number of carbonyl (C=O) groups is 1. The van der Waals surface area contributed by atoms with Gasteiger partial charge in [0, 0.05) is 6.54 Å². The maximum absolute atomic E-state index is 12.3. The van der Waals surface area contributed by atoms with Gasteiger partial charge in [0.2, 0.25) is 5.91 Å². The zero-order valence-corrected chi connectivity index (χ0v) is 16.8. The fraction of sp³-hybridized carbons (Fsp3) is 0.208. The molecular weight excluding hydrogens is 366 g/mol. The van der Waals surface area contributed by atoms with E-state index in [1.165, 1.54) is 16.7 Å². The molecule has 0 spiro atoms. The molecule has 0 heterocycles. The number of carbonyl (C=O) groups excluding carboxylic acids is 1. The summed E-state index contributed by atoms with van der Waals surface area (Å²) in [5.41, 5.74) is 3.61. The number of ether oxygens (including phenoxy) is 1. The molecule has 0 fully saturated rings. The van der Waals surface area contributed by atoms with Gasteiger partial charge in [0.15, 0.2) is 0 Å². The van der Waals surface area contributed by atoms with Gasteiger partial charge in [-0.15, -0.1) is 11.8 Å². The Labute approximate surface area is 171 Å². The van der Waals surface area contributed by atoms with Crippen molar-refractivity contribution in [1.29, 1.82) is 0 Å². The van der Waals surface area contributed by atoms with Gasteiger partial charge in [-0.25, -0.2) is 0 Å². The quantitative estimate of drug-likeness (QED) is 0.565. The fourth-order valence-corrected chi connectivity index (χ4v) is 4.11. The molecule has 1 amide bonds. The minimum absolute atomic E-state index is 0.0652. The zero-order valence-electron chi connectivity index (χ0n) is 16.0. The first-order chi connectivity index (χ1) is 13.8. The number of benzene rings is 3.